The molecule has 1 heterocycles. The predicted octanol–water partition coefficient (Wildman–Crippen LogP) is 3.22. The van der Waals surface area contributed by atoms with Crippen molar-refractivity contribution in [2.75, 3.05) is 11.9 Å². The molecule has 2 aromatic rings. The maximum absolute atomic E-state index is 12.2. The first kappa shape index (κ1) is 14.6. The van der Waals surface area contributed by atoms with Gasteiger partial charge < -0.3 is 9.88 Å². The van der Waals surface area contributed by atoms with E-state index in [0.717, 1.165) is 5.56 Å². The summed E-state index contributed by atoms with van der Waals surface area (Å²) in [4.78, 5) is 16.2. The molecule has 5 heteroatoms. The molecule has 0 saturated heterocycles. The van der Waals surface area contributed by atoms with Gasteiger partial charge in [0.15, 0.2) is 5.82 Å². The van der Waals surface area contributed by atoms with Crippen LogP contribution in [-0.4, -0.2) is 16.1 Å². The van der Waals surface area contributed by atoms with E-state index in [-0.39, 0.29) is 17.0 Å². The Balaban J connectivity index is 2.08. The minimum absolute atomic E-state index is 0.104. The summed E-state index contributed by atoms with van der Waals surface area (Å²) in [6.45, 7) is 4.37. The molecule has 0 aliphatic carbocycles. The summed E-state index contributed by atoms with van der Waals surface area (Å²) in [5.41, 5.74) is 0.890. The first-order valence-electron chi connectivity index (χ1n) is 6.59. The lowest BCUT2D eigenvalue weighted by molar-refractivity contribution is 0.575. The molecule has 2 rings (SSSR count). The Morgan fingerprint density at radius 3 is 2.65 bits per heavy atom. The molecule has 0 bridgehead atoms. The average molecular weight is 292 g/mol. The van der Waals surface area contributed by atoms with Gasteiger partial charge in [-0.05, 0) is 19.4 Å². The van der Waals surface area contributed by atoms with E-state index in [1.165, 1.54) is 0 Å². The smallest absolute Gasteiger partial charge is 0.293 e. The van der Waals surface area contributed by atoms with E-state index in [2.05, 4.69) is 10.3 Å². The number of benzene rings is 1. The van der Waals surface area contributed by atoms with Gasteiger partial charge in [0.1, 0.15) is 0 Å². The molecule has 0 amide bonds. The fourth-order valence-electron chi connectivity index (χ4n) is 1.92. The summed E-state index contributed by atoms with van der Waals surface area (Å²) in [5.74, 6) is 0.336. The van der Waals surface area contributed by atoms with Crippen molar-refractivity contribution < 1.29 is 0 Å². The summed E-state index contributed by atoms with van der Waals surface area (Å²) in [5, 5.41) is 2.83. The van der Waals surface area contributed by atoms with E-state index in [1.807, 2.05) is 44.2 Å². The molecular formula is C15H18ClN3O. The van der Waals surface area contributed by atoms with Crippen molar-refractivity contribution in [3.8, 4) is 0 Å². The lowest BCUT2D eigenvalue weighted by Gasteiger charge is -2.14. The highest BCUT2D eigenvalue weighted by Gasteiger charge is 2.10. The molecule has 4 nitrogen and oxygen atoms in total. The Hall–Kier alpha value is -1.81. The van der Waals surface area contributed by atoms with Crippen LogP contribution in [0.25, 0.3) is 0 Å². The highest BCUT2D eigenvalue weighted by molar-refractivity contribution is 6.21. The van der Waals surface area contributed by atoms with Crippen molar-refractivity contribution in [1.82, 2.24) is 9.55 Å². The van der Waals surface area contributed by atoms with Crippen molar-refractivity contribution in [2.45, 2.75) is 25.3 Å². The van der Waals surface area contributed by atoms with E-state index in [4.69, 9.17) is 11.6 Å². The molecule has 0 saturated carbocycles. The second-order valence-corrected chi connectivity index (χ2v) is 5.37. The van der Waals surface area contributed by atoms with Gasteiger partial charge in [-0.15, -0.1) is 11.6 Å². The zero-order valence-electron chi connectivity index (χ0n) is 11.6. The second kappa shape index (κ2) is 6.57. The van der Waals surface area contributed by atoms with Crippen LogP contribution in [-0.2, 0) is 0 Å². The Labute approximate surface area is 123 Å². The van der Waals surface area contributed by atoms with Crippen LogP contribution in [0.5, 0.6) is 0 Å². The van der Waals surface area contributed by atoms with E-state index >= 15 is 0 Å². The second-order valence-electron chi connectivity index (χ2n) is 4.84. The summed E-state index contributed by atoms with van der Waals surface area (Å²) < 4.78 is 1.64. The number of anilines is 1. The lowest BCUT2D eigenvalue weighted by Crippen LogP contribution is -2.26. The van der Waals surface area contributed by atoms with Crippen LogP contribution in [0.3, 0.4) is 0 Å². The molecule has 0 radical (unpaired) electrons. The highest BCUT2D eigenvalue weighted by atomic mass is 35.5. The van der Waals surface area contributed by atoms with E-state index < -0.39 is 0 Å². The maximum Gasteiger partial charge on any atom is 0.293 e. The van der Waals surface area contributed by atoms with E-state index in [9.17, 15) is 4.79 Å². The number of rotatable bonds is 5. The first-order chi connectivity index (χ1) is 9.59. The SMILES string of the molecule is CC(C)n1ccnc(NCC(Cl)c2ccccc2)c1=O. The molecule has 0 aliphatic heterocycles. The molecule has 1 aromatic heterocycles. The van der Waals surface area contributed by atoms with Crippen LogP contribution in [0, 0.1) is 0 Å². The number of halogens is 1. The van der Waals surface area contributed by atoms with Crippen LogP contribution in [0.1, 0.15) is 30.8 Å². The van der Waals surface area contributed by atoms with Gasteiger partial charge in [0, 0.05) is 25.0 Å². The Morgan fingerprint density at radius 2 is 2.00 bits per heavy atom. The summed E-state index contributed by atoms with van der Waals surface area (Å²) in [7, 11) is 0. The molecule has 1 aromatic carbocycles. The number of alkyl halides is 1. The number of nitrogens with zero attached hydrogens (tertiary/aromatic N) is 2. The standard InChI is InChI=1S/C15H18ClN3O/c1-11(2)19-9-8-17-14(15(19)20)18-10-13(16)12-6-4-3-5-7-12/h3-9,11,13H,10H2,1-2H3,(H,17,18). The Kier molecular flexibility index (Phi) is 4.79. The molecular weight excluding hydrogens is 274 g/mol. The fourth-order valence-corrected chi connectivity index (χ4v) is 2.14. The Bertz CT molecular complexity index is 610. The third-order valence-electron chi connectivity index (χ3n) is 3.03. The third-order valence-corrected chi connectivity index (χ3v) is 3.44. The van der Waals surface area contributed by atoms with Crippen LogP contribution in [0.2, 0.25) is 0 Å². The van der Waals surface area contributed by atoms with Gasteiger partial charge in [-0.25, -0.2) is 4.98 Å². The predicted molar refractivity (Wildman–Crippen MR) is 82.4 cm³/mol. The first-order valence-corrected chi connectivity index (χ1v) is 7.03. The van der Waals surface area contributed by atoms with Crippen molar-refractivity contribution in [3.63, 3.8) is 0 Å². The number of hydrogen-bond acceptors (Lipinski definition) is 3. The molecule has 0 aliphatic rings. The molecule has 1 N–H and O–H groups in total. The minimum atomic E-state index is -0.204. The van der Waals surface area contributed by atoms with Gasteiger partial charge in [-0.2, -0.15) is 0 Å². The molecule has 0 spiro atoms. The van der Waals surface area contributed by atoms with Crippen LogP contribution >= 0.6 is 11.6 Å². The van der Waals surface area contributed by atoms with Crippen molar-refractivity contribution in [3.05, 3.63) is 58.6 Å². The zero-order valence-corrected chi connectivity index (χ0v) is 12.3. The van der Waals surface area contributed by atoms with Crippen LogP contribution in [0.4, 0.5) is 5.82 Å². The van der Waals surface area contributed by atoms with Gasteiger partial charge in [-0.1, -0.05) is 30.3 Å². The van der Waals surface area contributed by atoms with Crippen LogP contribution < -0.4 is 10.9 Å². The topological polar surface area (TPSA) is 46.9 Å². The normalized spacial score (nSPS) is 12.4. The largest absolute Gasteiger partial charge is 0.364 e. The minimum Gasteiger partial charge on any atom is -0.364 e. The fraction of sp³-hybridized carbons (Fsp3) is 0.333. The Morgan fingerprint density at radius 1 is 1.30 bits per heavy atom. The lowest BCUT2D eigenvalue weighted by atomic mass is 10.1. The maximum atomic E-state index is 12.2. The van der Waals surface area contributed by atoms with Gasteiger partial charge in [0.05, 0.1) is 5.38 Å². The van der Waals surface area contributed by atoms with Crippen molar-refractivity contribution >= 4 is 17.4 Å². The average Bonchev–Trinajstić information content (AvgIpc) is 2.46. The van der Waals surface area contributed by atoms with Gasteiger partial charge in [0.25, 0.3) is 5.56 Å². The molecule has 106 valence electrons. The summed E-state index contributed by atoms with van der Waals surface area (Å²) in [6.07, 6.45) is 3.31. The van der Waals surface area contributed by atoms with Crippen molar-refractivity contribution in [2.24, 2.45) is 0 Å². The molecule has 20 heavy (non-hydrogen) atoms. The zero-order chi connectivity index (χ0) is 14.5. The number of hydrogen-bond donors (Lipinski definition) is 1. The highest BCUT2D eigenvalue weighted by Crippen LogP contribution is 2.19. The van der Waals surface area contributed by atoms with Gasteiger partial charge in [-0.3, -0.25) is 4.79 Å². The van der Waals surface area contributed by atoms with Gasteiger partial charge in [0.2, 0.25) is 0 Å². The van der Waals surface area contributed by atoms with Crippen molar-refractivity contribution in [1.29, 1.82) is 0 Å². The summed E-state index contributed by atoms with van der Waals surface area (Å²) in [6, 6.07) is 9.86. The van der Waals surface area contributed by atoms with E-state index in [1.54, 1.807) is 17.0 Å². The molecule has 1 atom stereocenters. The number of aromatic nitrogens is 2. The summed E-state index contributed by atoms with van der Waals surface area (Å²) >= 11 is 6.31. The number of nitrogens with one attached hydrogen (secondary N) is 1. The van der Waals surface area contributed by atoms with Crippen LogP contribution in [0.15, 0.2) is 47.5 Å². The van der Waals surface area contributed by atoms with E-state index in [0.29, 0.717) is 12.4 Å². The molecule has 1 unspecified atom stereocenters. The quantitative estimate of drug-likeness (QED) is 0.861. The monoisotopic (exact) mass is 291 g/mol. The van der Waals surface area contributed by atoms with Gasteiger partial charge >= 0.3 is 0 Å². The molecule has 0 fully saturated rings. The third kappa shape index (κ3) is 3.39.